The first-order valence-corrected chi connectivity index (χ1v) is 10.5. The van der Waals surface area contributed by atoms with Crippen LogP contribution in [0, 0.1) is 0 Å². The molecule has 3 aromatic rings. The smallest absolute Gasteiger partial charge is 0.332 e. The van der Waals surface area contributed by atoms with Gasteiger partial charge in [0.1, 0.15) is 0 Å². The van der Waals surface area contributed by atoms with Crippen molar-refractivity contribution >= 4 is 28.7 Å². The number of aromatic nitrogens is 4. The minimum absolute atomic E-state index is 0.292. The summed E-state index contributed by atoms with van der Waals surface area (Å²) in [6.07, 6.45) is 2.59. The molecular formula is C21H28ClN5O3. The number of imidazole rings is 1. The number of rotatable bonds is 10. The lowest BCUT2D eigenvalue weighted by Gasteiger charge is -2.12. The number of unbranched alkanes of at least 4 members (excludes halogenated alkanes) is 1. The molecule has 162 valence electrons. The third-order valence-corrected chi connectivity index (χ3v) is 5.28. The molecule has 3 rings (SSSR count). The molecule has 0 amide bonds. The Morgan fingerprint density at radius 1 is 1.13 bits per heavy atom. The van der Waals surface area contributed by atoms with Gasteiger partial charge in [0.15, 0.2) is 11.2 Å². The Bertz CT molecular complexity index is 1110. The van der Waals surface area contributed by atoms with Crippen LogP contribution < -0.4 is 16.6 Å². The molecule has 0 atom stereocenters. The number of hydrogen-bond donors (Lipinski definition) is 1. The SMILES string of the molecule is CCCCNc1nc2c(c(=O)n(CCCOC)c(=O)n2C)n1Cc1ccc(Cl)cc1. The van der Waals surface area contributed by atoms with Gasteiger partial charge in [0, 0.05) is 38.9 Å². The fourth-order valence-electron chi connectivity index (χ4n) is 3.37. The maximum atomic E-state index is 13.3. The van der Waals surface area contributed by atoms with E-state index < -0.39 is 0 Å². The van der Waals surface area contributed by atoms with Crippen molar-refractivity contribution in [3.8, 4) is 0 Å². The Labute approximate surface area is 180 Å². The number of hydrogen-bond acceptors (Lipinski definition) is 5. The summed E-state index contributed by atoms with van der Waals surface area (Å²) >= 11 is 6.02. The second-order valence-corrected chi connectivity index (χ2v) is 7.68. The van der Waals surface area contributed by atoms with Gasteiger partial charge < -0.3 is 10.1 Å². The van der Waals surface area contributed by atoms with Gasteiger partial charge in [0.05, 0.1) is 6.54 Å². The molecule has 0 saturated carbocycles. The molecule has 2 aromatic heterocycles. The summed E-state index contributed by atoms with van der Waals surface area (Å²) in [5.74, 6) is 0.579. The topological polar surface area (TPSA) is 83.1 Å². The highest BCUT2D eigenvalue weighted by atomic mass is 35.5. The summed E-state index contributed by atoms with van der Waals surface area (Å²) < 4.78 is 9.62. The molecule has 1 aromatic carbocycles. The van der Waals surface area contributed by atoms with E-state index in [1.54, 1.807) is 14.2 Å². The van der Waals surface area contributed by atoms with Gasteiger partial charge in [-0.1, -0.05) is 37.1 Å². The molecule has 8 nitrogen and oxygen atoms in total. The van der Waals surface area contributed by atoms with Crippen LogP contribution in [0.4, 0.5) is 5.95 Å². The fourth-order valence-corrected chi connectivity index (χ4v) is 3.50. The summed E-state index contributed by atoms with van der Waals surface area (Å²) in [5.41, 5.74) is 1.05. The summed E-state index contributed by atoms with van der Waals surface area (Å²) in [6.45, 7) is 4.05. The quantitative estimate of drug-likeness (QED) is 0.497. The Morgan fingerprint density at radius 2 is 1.87 bits per heavy atom. The van der Waals surface area contributed by atoms with E-state index in [2.05, 4.69) is 17.2 Å². The van der Waals surface area contributed by atoms with Crippen LogP contribution in [0.1, 0.15) is 31.7 Å². The molecule has 0 fully saturated rings. The number of halogens is 1. The molecule has 0 aliphatic carbocycles. The Balaban J connectivity index is 2.15. The van der Waals surface area contributed by atoms with Crippen LogP contribution in [0.5, 0.6) is 0 Å². The zero-order valence-electron chi connectivity index (χ0n) is 17.7. The highest BCUT2D eigenvalue weighted by Gasteiger charge is 2.20. The number of fused-ring (bicyclic) bond motifs is 1. The Hall–Kier alpha value is -2.58. The number of methoxy groups -OCH3 is 1. The van der Waals surface area contributed by atoms with Crippen LogP contribution in [0.3, 0.4) is 0 Å². The van der Waals surface area contributed by atoms with Crippen molar-refractivity contribution < 1.29 is 4.74 Å². The van der Waals surface area contributed by atoms with E-state index in [1.165, 1.54) is 9.13 Å². The molecule has 1 N–H and O–H groups in total. The minimum atomic E-state index is -0.375. The lowest BCUT2D eigenvalue weighted by Crippen LogP contribution is -2.40. The monoisotopic (exact) mass is 433 g/mol. The third-order valence-electron chi connectivity index (χ3n) is 5.03. The number of aryl methyl sites for hydroxylation is 1. The van der Waals surface area contributed by atoms with E-state index in [0.29, 0.717) is 48.3 Å². The lowest BCUT2D eigenvalue weighted by molar-refractivity contribution is 0.189. The lowest BCUT2D eigenvalue weighted by atomic mass is 10.2. The standard InChI is InChI=1S/C21H28ClN5O3/c1-4-5-11-23-20-24-18-17(27(20)14-15-7-9-16(22)10-8-15)19(28)26(12-6-13-30-3)21(29)25(18)2/h7-10H,4-6,11-14H2,1-3H3,(H,23,24). The number of nitrogens with one attached hydrogen (secondary N) is 1. The van der Waals surface area contributed by atoms with Crippen LogP contribution in [0.2, 0.25) is 5.02 Å². The van der Waals surface area contributed by atoms with Crippen molar-refractivity contribution in [2.24, 2.45) is 7.05 Å². The van der Waals surface area contributed by atoms with Gasteiger partial charge in [-0.2, -0.15) is 4.98 Å². The average molecular weight is 434 g/mol. The van der Waals surface area contributed by atoms with Crippen molar-refractivity contribution in [3.05, 3.63) is 55.7 Å². The molecule has 0 bridgehead atoms. The van der Waals surface area contributed by atoms with Crippen molar-refractivity contribution in [2.75, 3.05) is 25.6 Å². The minimum Gasteiger partial charge on any atom is -0.385 e. The molecule has 30 heavy (non-hydrogen) atoms. The van der Waals surface area contributed by atoms with Crippen LogP contribution in [0.25, 0.3) is 11.2 Å². The van der Waals surface area contributed by atoms with Gasteiger partial charge in [-0.05, 0) is 30.5 Å². The zero-order valence-corrected chi connectivity index (χ0v) is 18.4. The van der Waals surface area contributed by atoms with E-state index in [9.17, 15) is 9.59 Å². The Morgan fingerprint density at radius 3 is 2.53 bits per heavy atom. The van der Waals surface area contributed by atoms with E-state index in [-0.39, 0.29) is 11.2 Å². The van der Waals surface area contributed by atoms with Crippen LogP contribution in [0.15, 0.2) is 33.9 Å². The van der Waals surface area contributed by atoms with Gasteiger partial charge in [-0.25, -0.2) is 4.79 Å². The molecule has 0 aliphatic heterocycles. The maximum absolute atomic E-state index is 13.3. The van der Waals surface area contributed by atoms with Gasteiger partial charge >= 0.3 is 5.69 Å². The molecule has 9 heteroatoms. The maximum Gasteiger partial charge on any atom is 0.332 e. The normalized spacial score (nSPS) is 11.3. The predicted octanol–water partition coefficient (Wildman–Crippen LogP) is 2.85. The number of anilines is 1. The molecule has 0 saturated heterocycles. The van der Waals surface area contributed by atoms with Gasteiger partial charge in [0.25, 0.3) is 5.56 Å². The first kappa shape index (κ1) is 22.1. The second-order valence-electron chi connectivity index (χ2n) is 7.25. The van der Waals surface area contributed by atoms with Gasteiger partial charge in [-0.15, -0.1) is 0 Å². The van der Waals surface area contributed by atoms with E-state index in [1.807, 2.05) is 28.8 Å². The largest absolute Gasteiger partial charge is 0.385 e. The average Bonchev–Trinajstić information content (AvgIpc) is 3.09. The highest BCUT2D eigenvalue weighted by Crippen LogP contribution is 2.19. The highest BCUT2D eigenvalue weighted by molar-refractivity contribution is 6.30. The van der Waals surface area contributed by atoms with Crippen molar-refractivity contribution in [3.63, 3.8) is 0 Å². The molecular weight excluding hydrogens is 406 g/mol. The zero-order chi connectivity index (χ0) is 21.7. The van der Waals surface area contributed by atoms with Gasteiger partial charge in [0.2, 0.25) is 5.95 Å². The second kappa shape index (κ2) is 9.95. The van der Waals surface area contributed by atoms with Crippen LogP contribution in [-0.4, -0.2) is 38.9 Å². The van der Waals surface area contributed by atoms with Crippen molar-refractivity contribution in [1.82, 2.24) is 18.7 Å². The number of benzene rings is 1. The molecule has 0 radical (unpaired) electrons. The third kappa shape index (κ3) is 4.60. The first-order valence-electron chi connectivity index (χ1n) is 10.1. The Kier molecular flexibility index (Phi) is 7.33. The van der Waals surface area contributed by atoms with E-state index in [0.717, 1.165) is 24.9 Å². The summed E-state index contributed by atoms with van der Waals surface area (Å²) in [4.78, 5) is 30.7. The molecule has 2 heterocycles. The van der Waals surface area contributed by atoms with E-state index in [4.69, 9.17) is 16.3 Å². The van der Waals surface area contributed by atoms with Crippen LogP contribution in [-0.2, 0) is 24.9 Å². The van der Waals surface area contributed by atoms with Crippen LogP contribution >= 0.6 is 11.6 Å². The molecule has 0 spiro atoms. The summed E-state index contributed by atoms with van der Waals surface area (Å²) in [6, 6.07) is 7.48. The molecule has 0 unspecified atom stereocenters. The fraction of sp³-hybridized carbons (Fsp3) is 0.476. The first-order chi connectivity index (χ1) is 14.5. The predicted molar refractivity (Wildman–Crippen MR) is 120 cm³/mol. The van der Waals surface area contributed by atoms with Gasteiger partial charge in [-0.3, -0.25) is 18.5 Å². The summed E-state index contributed by atoms with van der Waals surface area (Å²) in [5, 5.41) is 3.97. The number of nitrogens with zero attached hydrogens (tertiary/aromatic N) is 4. The molecule has 0 aliphatic rings. The number of ether oxygens (including phenoxy) is 1. The summed E-state index contributed by atoms with van der Waals surface area (Å²) in [7, 11) is 3.24. The van der Waals surface area contributed by atoms with Crippen molar-refractivity contribution in [2.45, 2.75) is 39.3 Å². The van der Waals surface area contributed by atoms with Crippen molar-refractivity contribution in [1.29, 1.82) is 0 Å². The van der Waals surface area contributed by atoms with E-state index >= 15 is 0 Å².